The van der Waals surface area contributed by atoms with Crippen molar-refractivity contribution in [3.63, 3.8) is 0 Å². The molecule has 2 aromatic carbocycles. The lowest BCUT2D eigenvalue weighted by atomic mass is 9.57. The highest BCUT2D eigenvalue weighted by Gasteiger charge is 2.60. The van der Waals surface area contributed by atoms with Crippen LogP contribution in [0.4, 0.5) is 0 Å². The third-order valence-corrected chi connectivity index (χ3v) is 9.24. The summed E-state index contributed by atoms with van der Waals surface area (Å²) in [6, 6.07) is 9.42. The van der Waals surface area contributed by atoms with E-state index in [1.54, 1.807) is 19.1 Å². The number of phenolic OH excluding ortho intramolecular Hbond substituents is 1. The molecule has 1 saturated carbocycles. The number of hydrogen-bond donors (Lipinski definition) is 3. The number of benzene rings is 2. The van der Waals surface area contributed by atoms with Gasteiger partial charge in [-0.05, 0) is 93.9 Å². The van der Waals surface area contributed by atoms with Crippen LogP contribution in [0, 0.1) is 11.8 Å². The number of ketones is 4. The summed E-state index contributed by atoms with van der Waals surface area (Å²) in [4.78, 5) is 51.0. The number of hydrogen-bond acceptors (Lipinski definition) is 7. The molecular weight excluding hydrogens is 520 g/mol. The Morgan fingerprint density at radius 2 is 1.63 bits per heavy atom. The number of carbonyl (C=O) groups excluding carboxylic acids is 4. The molecule has 0 aromatic heterocycles. The molecule has 41 heavy (non-hydrogen) atoms. The van der Waals surface area contributed by atoms with Gasteiger partial charge in [0.05, 0.1) is 11.1 Å². The fraction of sp³-hybridized carbons (Fsp3) is 0.412. The van der Waals surface area contributed by atoms with E-state index in [1.165, 1.54) is 13.8 Å². The maximum absolute atomic E-state index is 13.8. The predicted molar refractivity (Wildman–Crippen MR) is 154 cm³/mol. The normalized spacial score (nSPS) is 23.7. The fourth-order valence-corrected chi connectivity index (χ4v) is 7.12. The minimum Gasteiger partial charge on any atom is -0.507 e. The van der Waals surface area contributed by atoms with Crippen LogP contribution in [-0.4, -0.2) is 44.1 Å². The van der Waals surface area contributed by atoms with Crippen molar-refractivity contribution >= 4 is 28.9 Å². The van der Waals surface area contributed by atoms with Gasteiger partial charge in [0.25, 0.3) is 0 Å². The number of carbonyl (C=O) groups is 4. The Kier molecular flexibility index (Phi) is 7.36. The first-order valence-electron chi connectivity index (χ1n) is 14.3. The van der Waals surface area contributed by atoms with Gasteiger partial charge in [0.1, 0.15) is 11.5 Å². The highest BCUT2D eigenvalue weighted by atomic mass is 16.3. The average molecular weight is 557 g/mol. The van der Waals surface area contributed by atoms with E-state index in [0.717, 1.165) is 23.1 Å². The predicted octanol–water partition coefficient (Wildman–Crippen LogP) is 4.97. The number of aryl methyl sites for hydroxylation is 3. The minimum atomic E-state index is -2.41. The summed E-state index contributed by atoms with van der Waals surface area (Å²) in [5.74, 6) is -3.81. The van der Waals surface area contributed by atoms with E-state index in [-0.39, 0.29) is 40.4 Å². The molecular formula is C34H36O7. The van der Waals surface area contributed by atoms with Crippen LogP contribution in [-0.2, 0) is 40.1 Å². The molecule has 0 spiro atoms. The fourth-order valence-electron chi connectivity index (χ4n) is 7.12. The number of rotatable bonds is 7. The SMILES string of the molecule is CCc1cc(CCCc2ccc(C(C)=O)cc2)c(O)c2c1C[C@H]1C[C@H]3CC(C)=C(C(C)=O)C(=O)[C@@]3(O)C(=O)C1=C2O. The summed E-state index contributed by atoms with van der Waals surface area (Å²) >= 11 is 0. The molecule has 1 fully saturated rings. The van der Waals surface area contributed by atoms with Crippen molar-refractivity contribution in [2.45, 2.75) is 78.2 Å². The number of aliphatic hydroxyl groups excluding tert-OH is 1. The van der Waals surface area contributed by atoms with Crippen molar-refractivity contribution in [1.82, 2.24) is 0 Å². The molecule has 0 aliphatic heterocycles. The maximum Gasteiger partial charge on any atom is 0.206 e. The topological polar surface area (TPSA) is 129 Å². The van der Waals surface area contributed by atoms with Crippen LogP contribution in [0.1, 0.15) is 85.1 Å². The Morgan fingerprint density at radius 1 is 0.951 bits per heavy atom. The van der Waals surface area contributed by atoms with Gasteiger partial charge in [0.2, 0.25) is 11.6 Å². The summed E-state index contributed by atoms with van der Waals surface area (Å²) in [5, 5.41) is 34.4. The zero-order chi connectivity index (χ0) is 29.8. The zero-order valence-electron chi connectivity index (χ0n) is 24.0. The highest BCUT2D eigenvalue weighted by Crippen LogP contribution is 2.52. The van der Waals surface area contributed by atoms with Crippen LogP contribution in [0.2, 0.25) is 0 Å². The van der Waals surface area contributed by atoms with Crippen LogP contribution in [0.5, 0.6) is 5.75 Å². The van der Waals surface area contributed by atoms with Crippen molar-refractivity contribution < 1.29 is 34.5 Å². The number of fused-ring (bicyclic) bond motifs is 3. The van der Waals surface area contributed by atoms with Crippen molar-refractivity contribution in [1.29, 1.82) is 0 Å². The third-order valence-electron chi connectivity index (χ3n) is 9.24. The van der Waals surface area contributed by atoms with Crippen molar-refractivity contribution in [3.05, 3.63) is 80.4 Å². The molecule has 3 N–H and O–H groups in total. The van der Waals surface area contributed by atoms with E-state index < -0.39 is 34.8 Å². The molecule has 0 unspecified atom stereocenters. The van der Waals surface area contributed by atoms with Crippen molar-refractivity contribution in [2.75, 3.05) is 0 Å². The first-order valence-corrected chi connectivity index (χ1v) is 14.3. The number of Topliss-reactive ketones (excluding diaryl/α,β-unsaturated/α-hetero) is 4. The molecule has 3 aliphatic carbocycles. The van der Waals surface area contributed by atoms with Gasteiger partial charge in [-0.15, -0.1) is 0 Å². The van der Waals surface area contributed by atoms with E-state index in [0.29, 0.717) is 48.8 Å². The third kappa shape index (κ3) is 4.56. The maximum atomic E-state index is 13.8. The second-order valence-electron chi connectivity index (χ2n) is 11.8. The number of aromatic hydroxyl groups is 1. The molecule has 2 aromatic rings. The van der Waals surface area contributed by atoms with Gasteiger partial charge < -0.3 is 15.3 Å². The van der Waals surface area contributed by atoms with Crippen LogP contribution >= 0.6 is 0 Å². The summed E-state index contributed by atoms with van der Waals surface area (Å²) in [5.41, 5.74) is 2.34. The largest absolute Gasteiger partial charge is 0.507 e. The van der Waals surface area contributed by atoms with Crippen molar-refractivity contribution in [3.8, 4) is 5.75 Å². The van der Waals surface area contributed by atoms with E-state index >= 15 is 0 Å². The zero-order valence-corrected chi connectivity index (χ0v) is 24.0. The quantitative estimate of drug-likeness (QED) is 0.249. The number of allylic oxidation sites excluding steroid dienone is 1. The average Bonchev–Trinajstić information content (AvgIpc) is 2.92. The lowest BCUT2D eigenvalue weighted by Gasteiger charge is -2.46. The molecule has 0 saturated heterocycles. The van der Waals surface area contributed by atoms with Crippen LogP contribution in [0.25, 0.3) is 5.76 Å². The van der Waals surface area contributed by atoms with Gasteiger partial charge >= 0.3 is 0 Å². The Labute approximate surface area is 239 Å². The molecule has 0 heterocycles. The first kappa shape index (κ1) is 28.7. The molecule has 0 radical (unpaired) electrons. The minimum absolute atomic E-state index is 0.0107. The van der Waals surface area contributed by atoms with E-state index in [9.17, 15) is 34.5 Å². The number of aliphatic hydroxyl groups is 2. The highest BCUT2D eigenvalue weighted by molar-refractivity contribution is 6.33. The molecule has 5 rings (SSSR count). The Hall–Kier alpha value is -3.84. The van der Waals surface area contributed by atoms with E-state index in [4.69, 9.17) is 0 Å². The molecule has 7 nitrogen and oxygen atoms in total. The molecule has 7 heteroatoms. The van der Waals surface area contributed by atoms with Gasteiger partial charge in [0.15, 0.2) is 17.2 Å². The Bertz CT molecular complexity index is 1560. The summed E-state index contributed by atoms with van der Waals surface area (Å²) < 4.78 is 0. The molecule has 214 valence electrons. The van der Waals surface area contributed by atoms with Crippen LogP contribution in [0.15, 0.2) is 47.1 Å². The van der Waals surface area contributed by atoms with Gasteiger partial charge in [-0.25, -0.2) is 0 Å². The van der Waals surface area contributed by atoms with Crippen LogP contribution in [0.3, 0.4) is 0 Å². The van der Waals surface area contributed by atoms with Crippen LogP contribution < -0.4 is 0 Å². The van der Waals surface area contributed by atoms with E-state index in [2.05, 4.69) is 0 Å². The van der Waals surface area contributed by atoms with Gasteiger partial charge in [0, 0.05) is 17.1 Å². The van der Waals surface area contributed by atoms with Gasteiger partial charge in [-0.2, -0.15) is 0 Å². The van der Waals surface area contributed by atoms with Gasteiger partial charge in [-0.1, -0.05) is 42.8 Å². The molecule has 0 amide bonds. The lowest BCUT2D eigenvalue weighted by molar-refractivity contribution is -0.157. The second kappa shape index (κ2) is 10.5. The summed E-state index contributed by atoms with van der Waals surface area (Å²) in [7, 11) is 0. The standard InChI is InChI=1S/C34H36O7/c1-5-21-14-23(8-6-7-20-9-11-22(12-10-20)18(3)35)30(37)29-26(21)16-24-15-25-13-17(2)27(19(4)36)32(39)34(25,41)33(40)28(24)31(29)38/h9-12,14,24-25,37-38,41H,5-8,13,15-16H2,1-4H3/t24-,25-,34-/m1/s1. The van der Waals surface area contributed by atoms with Gasteiger partial charge in [-0.3, -0.25) is 19.2 Å². The summed E-state index contributed by atoms with van der Waals surface area (Å²) in [6.07, 6.45) is 3.60. The second-order valence-corrected chi connectivity index (χ2v) is 11.8. The van der Waals surface area contributed by atoms with E-state index in [1.807, 2.05) is 25.1 Å². The van der Waals surface area contributed by atoms with Crippen molar-refractivity contribution in [2.24, 2.45) is 11.8 Å². The Balaban J connectivity index is 1.49. The Morgan fingerprint density at radius 3 is 2.24 bits per heavy atom. The first-order chi connectivity index (χ1) is 19.4. The molecule has 3 atom stereocenters. The molecule has 3 aliphatic rings. The summed E-state index contributed by atoms with van der Waals surface area (Å²) in [6.45, 7) is 6.47. The number of phenols is 1. The lowest BCUT2D eigenvalue weighted by Crippen LogP contribution is -2.61. The smallest absolute Gasteiger partial charge is 0.206 e. The monoisotopic (exact) mass is 556 g/mol. The molecule has 0 bridgehead atoms.